The summed E-state index contributed by atoms with van der Waals surface area (Å²) in [5.41, 5.74) is 1.15. The van der Waals surface area contributed by atoms with Gasteiger partial charge in [-0.05, 0) is 31.5 Å². The number of carbonyl (C=O) groups is 2. The maximum atomic E-state index is 12.0. The maximum Gasteiger partial charge on any atom is 0.410 e. The summed E-state index contributed by atoms with van der Waals surface area (Å²) in [5.74, 6) is 0.822. The zero-order valence-corrected chi connectivity index (χ0v) is 15.0. The molecule has 0 unspecified atom stereocenters. The number of rotatable bonds is 7. The molecule has 1 aromatic carbocycles. The van der Waals surface area contributed by atoms with Crippen LogP contribution in [0.5, 0.6) is 5.75 Å². The largest absolute Gasteiger partial charge is 0.492 e. The summed E-state index contributed by atoms with van der Waals surface area (Å²) in [5, 5.41) is 2.88. The standard InChI is InChI=1S/C18H27N3O4/c1-3-24-18(23)21-10-8-20(9-11-21)14-17(22)19-7-12-25-16-6-4-5-15(2)13-16/h4-6,13H,3,7-12,14H2,1-2H3,(H,19,22)/p+1. The van der Waals surface area contributed by atoms with Crippen molar-refractivity contribution in [1.82, 2.24) is 10.2 Å². The van der Waals surface area contributed by atoms with E-state index >= 15 is 0 Å². The van der Waals surface area contributed by atoms with Crippen LogP contribution in [0.3, 0.4) is 0 Å². The molecule has 1 saturated heterocycles. The molecule has 0 spiro atoms. The number of quaternary nitrogens is 1. The van der Waals surface area contributed by atoms with Gasteiger partial charge < -0.3 is 19.7 Å². The van der Waals surface area contributed by atoms with Crippen molar-refractivity contribution in [3.05, 3.63) is 29.8 Å². The van der Waals surface area contributed by atoms with Crippen molar-refractivity contribution in [1.29, 1.82) is 0 Å². The Morgan fingerprint density at radius 3 is 2.72 bits per heavy atom. The lowest BCUT2D eigenvalue weighted by Gasteiger charge is -2.31. The lowest BCUT2D eigenvalue weighted by atomic mass is 10.2. The number of amides is 2. The van der Waals surface area contributed by atoms with Crippen LogP contribution in [-0.2, 0) is 9.53 Å². The summed E-state index contributed by atoms with van der Waals surface area (Å²) in [6.45, 7) is 8.30. The van der Waals surface area contributed by atoms with E-state index in [2.05, 4.69) is 5.32 Å². The van der Waals surface area contributed by atoms with E-state index in [9.17, 15) is 9.59 Å². The number of ether oxygens (including phenoxy) is 2. The monoisotopic (exact) mass is 350 g/mol. The van der Waals surface area contributed by atoms with Gasteiger partial charge in [-0.3, -0.25) is 9.69 Å². The Kier molecular flexibility index (Phi) is 7.53. The van der Waals surface area contributed by atoms with Gasteiger partial charge in [-0.2, -0.15) is 0 Å². The molecule has 1 aliphatic rings. The maximum absolute atomic E-state index is 12.0. The first-order chi connectivity index (χ1) is 12.1. The normalized spacial score (nSPS) is 14.9. The molecule has 2 rings (SSSR count). The molecule has 0 aliphatic carbocycles. The fourth-order valence-electron chi connectivity index (χ4n) is 2.75. The zero-order chi connectivity index (χ0) is 18.1. The molecular formula is C18H28N3O4+. The molecule has 0 radical (unpaired) electrons. The average Bonchev–Trinajstić information content (AvgIpc) is 2.60. The van der Waals surface area contributed by atoms with Crippen LogP contribution in [-0.4, -0.2) is 69.4 Å². The van der Waals surface area contributed by atoms with Gasteiger partial charge in [0.25, 0.3) is 5.91 Å². The molecule has 0 aromatic heterocycles. The highest BCUT2D eigenvalue weighted by atomic mass is 16.6. The van der Waals surface area contributed by atoms with E-state index in [1.807, 2.05) is 31.2 Å². The van der Waals surface area contributed by atoms with Crippen molar-refractivity contribution in [2.75, 3.05) is 52.5 Å². The minimum absolute atomic E-state index is 0.00688. The lowest BCUT2D eigenvalue weighted by molar-refractivity contribution is -0.896. The lowest BCUT2D eigenvalue weighted by Crippen LogP contribution is -3.15. The van der Waals surface area contributed by atoms with Crippen LogP contribution in [0, 0.1) is 6.92 Å². The van der Waals surface area contributed by atoms with E-state index in [1.54, 1.807) is 11.8 Å². The molecular weight excluding hydrogens is 322 g/mol. The topological polar surface area (TPSA) is 72.3 Å². The molecule has 7 heteroatoms. The van der Waals surface area contributed by atoms with Gasteiger partial charge in [0.2, 0.25) is 0 Å². The molecule has 25 heavy (non-hydrogen) atoms. The molecule has 138 valence electrons. The van der Waals surface area contributed by atoms with E-state index in [0.29, 0.717) is 39.4 Å². The molecule has 2 amide bonds. The second kappa shape index (κ2) is 9.88. The highest BCUT2D eigenvalue weighted by Crippen LogP contribution is 2.11. The van der Waals surface area contributed by atoms with Gasteiger partial charge >= 0.3 is 6.09 Å². The van der Waals surface area contributed by atoms with Crippen molar-refractivity contribution >= 4 is 12.0 Å². The van der Waals surface area contributed by atoms with Crippen LogP contribution < -0.4 is 15.0 Å². The summed E-state index contributed by atoms with van der Waals surface area (Å²) in [6, 6.07) is 7.83. The minimum Gasteiger partial charge on any atom is -0.492 e. The molecule has 0 bridgehead atoms. The predicted octanol–water partition coefficient (Wildman–Crippen LogP) is -0.153. The number of hydrogen-bond donors (Lipinski definition) is 2. The van der Waals surface area contributed by atoms with E-state index in [4.69, 9.17) is 9.47 Å². The van der Waals surface area contributed by atoms with E-state index < -0.39 is 0 Å². The van der Waals surface area contributed by atoms with E-state index in [1.165, 1.54) is 4.90 Å². The molecule has 0 saturated carbocycles. The zero-order valence-electron chi connectivity index (χ0n) is 15.0. The fourth-order valence-corrected chi connectivity index (χ4v) is 2.75. The van der Waals surface area contributed by atoms with Crippen LogP contribution in [0.4, 0.5) is 4.79 Å². The van der Waals surface area contributed by atoms with Crippen molar-refractivity contribution < 1.29 is 24.0 Å². The number of nitrogens with one attached hydrogen (secondary N) is 2. The van der Waals surface area contributed by atoms with Gasteiger partial charge in [-0.15, -0.1) is 0 Å². The third kappa shape index (κ3) is 6.62. The minimum atomic E-state index is -0.265. The Morgan fingerprint density at radius 2 is 2.04 bits per heavy atom. The summed E-state index contributed by atoms with van der Waals surface area (Å²) < 4.78 is 10.6. The first kappa shape index (κ1) is 19.1. The summed E-state index contributed by atoms with van der Waals surface area (Å²) in [6.07, 6.45) is -0.265. The third-order valence-corrected chi connectivity index (χ3v) is 4.09. The van der Waals surface area contributed by atoms with Gasteiger partial charge in [0.15, 0.2) is 6.54 Å². The SMILES string of the molecule is CCOC(=O)N1CC[NH+](CC(=O)NCCOc2cccc(C)c2)CC1. The Hall–Kier alpha value is -2.28. The third-order valence-electron chi connectivity index (χ3n) is 4.09. The number of hydrogen-bond acceptors (Lipinski definition) is 4. The average molecular weight is 350 g/mol. The van der Waals surface area contributed by atoms with Crippen LogP contribution in [0.2, 0.25) is 0 Å². The number of nitrogens with zero attached hydrogens (tertiary/aromatic N) is 1. The van der Waals surface area contributed by atoms with Crippen molar-refractivity contribution in [3.63, 3.8) is 0 Å². The Labute approximate surface area is 148 Å². The second-order valence-electron chi connectivity index (χ2n) is 6.13. The fraction of sp³-hybridized carbons (Fsp3) is 0.556. The summed E-state index contributed by atoms with van der Waals surface area (Å²) in [4.78, 5) is 26.5. The Bertz CT molecular complexity index is 571. The first-order valence-corrected chi connectivity index (χ1v) is 8.80. The highest BCUT2D eigenvalue weighted by Gasteiger charge is 2.25. The molecule has 7 nitrogen and oxygen atoms in total. The van der Waals surface area contributed by atoms with Crippen molar-refractivity contribution in [2.45, 2.75) is 13.8 Å². The van der Waals surface area contributed by atoms with Crippen LogP contribution in [0.1, 0.15) is 12.5 Å². The van der Waals surface area contributed by atoms with Crippen LogP contribution in [0.25, 0.3) is 0 Å². The smallest absolute Gasteiger partial charge is 0.410 e. The van der Waals surface area contributed by atoms with Crippen LogP contribution in [0.15, 0.2) is 24.3 Å². The Balaban J connectivity index is 1.59. The summed E-state index contributed by atoms with van der Waals surface area (Å²) in [7, 11) is 0. The van der Waals surface area contributed by atoms with Gasteiger partial charge in [0, 0.05) is 0 Å². The number of piperazine rings is 1. The summed E-state index contributed by atoms with van der Waals surface area (Å²) >= 11 is 0. The predicted molar refractivity (Wildman–Crippen MR) is 93.8 cm³/mol. The molecule has 2 N–H and O–H groups in total. The molecule has 1 aromatic rings. The van der Waals surface area contributed by atoms with Gasteiger partial charge in [0.1, 0.15) is 12.4 Å². The number of aryl methyl sites for hydroxylation is 1. The molecule has 0 atom stereocenters. The first-order valence-electron chi connectivity index (χ1n) is 8.80. The second-order valence-corrected chi connectivity index (χ2v) is 6.13. The quantitative estimate of drug-likeness (QED) is 0.671. The van der Waals surface area contributed by atoms with E-state index in [0.717, 1.165) is 24.4 Å². The van der Waals surface area contributed by atoms with Gasteiger partial charge in [-0.1, -0.05) is 12.1 Å². The molecule has 1 aliphatic heterocycles. The van der Waals surface area contributed by atoms with Gasteiger partial charge in [-0.25, -0.2) is 4.79 Å². The number of carbonyl (C=O) groups excluding carboxylic acids is 2. The Morgan fingerprint density at radius 1 is 1.28 bits per heavy atom. The number of benzene rings is 1. The highest BCUT2D eigenvalue weighted by molar-refractivity contribution is 5.76. The van der Waals surface area contributed by atoms with Gasteiger partial charge in [0.05, 0.1) is 39.3 Å². The molecule has 1 heterocycles. The molecule has 1 fully saturated rings. The van der Waals surface area contributed by atoms with Crippen LogP contribution >= 0.6 is 0 Å². The van der Waals surface area contributed by atoms with E-state index in [-0.39, 0.29) is 12.0 Å². The van der Waals surface area contributed by atoms with Crippen molar-refractivity contribution in [2.24, 2.45) is 0 Å². The van der Waals surface area contributed by atoms with Crippen molar-refractivity contribution in [3.8, 4) is 5.75 Å².